The summed E-state index contributed by atoms with van der Waals surface area (Å²) < 4.78 is 18.0. The lowest BCUT2D eigenvalue weighted by molar-refractivity contribution is 0.0314. The van der Waals surface area contributed by atoms with Crippen LogP contribution >= 0.6 is 15.9 Å². The van der Waals surface area contributed by atoms with E-state index in [1.54, 1.807) is 23.1 Å². The van der Waals surface area contributed by atoms with Crippen molar-refractivity contribution in [3.63, 3.8) is 0 Å². The number of hydrogen-bond acceptors (Lipinski definition) is 6. The van der Waals surface area contributed by atoms with Gasteiger partial charge in [-0.25, -0.2) is 0 Å². The van der Waals surface area contributed by atoms with Crippen LogP contribution in [0.1, 0.15) is 41.1 Å². The molecule has 1 amide bonds. The Hall–Kier alpha value is -2.68. The lowest BCUT2D eigenvalue weighted by Crippen LogP contribution is -2.42. The van der Waals surface area contributed by atoms with E-state index in [-0.39, 0.29) is 17.1 Å². The van der Waals surface area contributed by atoms with Crippen molar-refractivity contribution >= 4 is 32.8 Å². The van der Waals surface area contributed by atoms with Crippen molar-refractivity contribution < 1.29 is 18.7 Å². The number of halogens is 1. The number of morpholine rings is 1. The highest BCUT2D eigenvalue weighted by Gasteiger charge is 2.42. The van der Waals surface area contributed by atoms with Gasteiger partial charge in [0.05, 0.1) is 36.8 Å². The highest BCUT2D eigenvalue weighted by molar-refractivity contribution is 9.10. The first kappa shape index (κ1) is 23.1. The van der Waals surface area contributed by atoms with E-state index in [4.69, 9.17) is 13.9 Å². The number of fused-ring (bicyclic) bond motifs is 2. The minimum Gasteiger partial charge on any atom is -0.494 e. The van der Waals surface area contributed by atoms with Gasteiger partial charge in [-0.3, -0.25) is 14.5 Å². The molecule has 0 N–H and O–H groups in total. The van der Waals surface area contributed by atoms with Gasteiger partial charge in [0.25, 0.3) is 5.91 Å². The van der Waals surface area contributed by atoms with Gasteiger partial charge in [-0.15, -0.1) is 0 Å². The second-order valence-electron chi connectivity index (χ2n) is 8.59. The van der Waals surface area contributed by atoms with Crippen LogP contribution in [-0.4, -0.2) is 61.7 Å². The number of rotatable bonds is 7. The van der Waals surface area contributed by atoms with Gasteiger partial charge >= 0.3 is 0 Å². The summed E-state index contributed by atoms with van der Waals surface area (Å²) in [5, 5.41) is 0.462. The van der Waals surface area contributed by atoms with Crippen LogP contribution in [-0.2, 0) is 4.74 Å². The number of carbonyl (C=O) groups excluding carboxylic acids is 1. The van der Waals surface area contributed by atoms with E-state index < -0.39 is 6.04 Å². The van der Waals surface area contributed by atoms with Crippen LogP contribution in [0.5, 0.6) is 5.75 Å². The predicted molar refractivity (Wildman–Crippen MR) is 133 cm³/mol. The molecule has 2 aromatic carbocycles. The van der Waals surface area contributed by atoms with Crippen molar-refractivity contribution in [1.82, 2.24) is 9.80 Å². The lowest BCUT2D eigenvalue weighted by Gasteiger charge is -2.31. The van der Waals surface area contributed by atoms with Crippen molar-refractivity contribution in [2.24, 2.45) is 0 Å². The largest absolute Gasteiger partial charge is 0.494 e. The molecule has 1 aromatic heterocycles. The van der Waals surface area contributed by atoms with Crippen molar-refractivity contribution in [2.45, 2.75) is 19.4 Å². The van der Waals surface area contributed by atoms with Gasteiger partial charge in [0.1, 0.15) is 11.3 Å². The van der Waals surface area contributed by atoms with Gasteiger partial charge in [0.2, 0.25) is 5.76 Å². The van der Waals surface area contributed by atoms with Crippen LogP contribution in [0.25, 0.3) is 11.0 Å². The topological polar surface area (TPSA) is 72.2 Å². The molecule has 8 heteroatoms. The molecule has 0 saturated carbocycles. The van der Waals surface area contributed by atoms with Crippen molar-refractivity contribution in [1.29, 1.82) is 0 Å². The van der Waals surface area contributed by atoms with E-state index >= 15 is 0 Å². The Morgan fingerprint density at radius 1 is 1.06 bits per heavy atom. The summed E-state index contributed by atoms with van der Waals surface area (Å²) in [6.45, 7) is 6.94. The van der Waals surface area contributed by atoms with Gasteiger partial charge in [-0.1, -0.05) is 35.0 Å². The molecule has 1 unspecified atom stereocenters. The second-order valence-corrected chi connectivity index (χ2v) is 9.50. The maximum absolute atomic E-state index is 13.7. The zero-order valence-electron chi connectivity index (χ0n) is 19.1. The fourth-order valence-corrected chi connectivity index (χ4v) is 4.97. The van der Waals surface area contributed by atoms with Crippen molar-refractivity contribution in [2.75, 3.05) is 46.0 Å². The average Bonchev–Trinajstić information content (AvgIpc) is 3.14. The summed E-state index contributed by atoms with van der Waals surface area (Å²) in [5.41, 5.74) is 1.51. The van der Waals surface area contributed by atoms with Crippen LogP contribution < -0.4 is 10.2 Å². The summed E-state index contributed by atoms with van der Waals surface area (Å²) in [6, 6.07) is 12.4. The molecule has 0 spiro atoms. The SMILES string of the molecule is CCCOc1ccc(C2c3c(oc4ccc(Br)cc4c3=O)C(=O)N2CCN2CCOCC2)cc1. The van der Waals surface area contributed by atoms with Crippen LogP contribution in [0, 0.1) is 0 Å². The zero-order valence-corrected chi connectivity index (χ0v) is 20.7. The molecule has 7 nitrogen and oxygen atoms in total. The number of hydrogen-bond donors (Lipinski definition) is 0. The Labute approximate surface area is 206 Å². The van der Waals surface area contributed by atoms with E-state index in [0.717, 1.165) is 35.3 Å². The quantitative estimate of drug-likeness (QED) is 0.458. The molecule has 0 radical (unpaired) electrons. The monoisotopic (exact) mass is 526 g/mol. The minimum absolute atomic E-state index is 0.137. The molecule has 0 aliphatic carbocycles. The minimum atomic E-state index is -0.511. The zero-order chi connectivity index (χ0) is 23.7. The van der Waals surface area contributed by atoms with E-state index in [1.165, 1.54) is 0 Å². The molecule has 34 heavy (non-hydrogen) atoms. The third kappa shape index (κ3) is 4.37. The van der Waals surface area contributed by atoms with Gasteiger partial charge in [0.15, 0.2) is 5.43 Å². The molecule has 3 heterocycles. The molecule has 178 valence electrons. The van der Waals surface area contributed by atoms with E-state index in [0.29, 0.717) is 49.4 Å². The molecule has 0 bridgehead atoms. The standard InChI is InChI=1S/C26H27BrN2O5/c1-2-13-33-19-6-3-17(4-7-19)23-22-24(30)20-16-18(27)5-8-21(20)34-25(22)26(31)29(23)10-9-28-11-14-32-15-12-28/h3-8,16,23H,2,9-15H2,1H3. The van der Waals surface area contributed by atoms with Gasteiger partial charge in [0, 0.05) is 30.7 Å². The summed E-state index contributed by atoms with van der Waals surface area (Å²) in [7, 11) is 0. The molecule has 1 saturated heterocycles. The Bertz CT molecular complexity index is 1250. The van der Waals surface area contributed by atoms with Crippen LogP contribution in [0.3, 0.4) is 0 Å². The molecule has 2 aliphatic rings. The molecule has 1 atom stereocenters. The molecule has 1 fully saturated rings. The van der Waals surface area contributed by atoms with E-state index in [2.05, 4.69) is 27.8 Å². The first-order chi connectivity index (χ1) is 16.6. The molecule has 2 aliphatic heterocycles. The Morgan fingerprint density at radius 2 is 1.82 bits per heavy atom. The Kier molecular flexibility index (Phi) is 6.72. The van der Waals surface area contributed by atoms with Gasteiger partial charge in [-0.2, -0.15) is 0 Å². The lowest BCUT2D eigenvalue weighted by atomic mass is 9.98. The maximum atomic E-state index is 13.7. The summed E-state index contributed by atoms with van der Waals surface area (Å²) in [5.74, 6) is 0.657. The Balaban J connectivity index is 1.55. The van der Waals surface area contributed by atoms with Crippen LogP contribution in [0.2, 0.25) is 0 Å². The first-order valence-electron chi connectivity index (χ1n) is 11.7. The predicted octanol–water partition coefficient (Wildman–Crippen LogP) is 4.22. The average molecular weight is 527 g/mol. The van der Waals surface area contributed by atoms with Gasteiger partial charge in [-0.05, 0) is 42.3 Å². The normalized spacial score (nSPS) is 18.5. The summed E-state index contributed by atoms with van der Waals surface area (Å²) in [6.07, 6.45) is 0.922. The van der Waals surface area contributed by atoms with Crippen molar-refractivity contribution in [3.05, 3.63) is 74.0 Å². The van der Waals surface area contributed by atoms with E-state index in [9.17, 15) is 9.59 Å². The number of carbonyl (C=O) groups is 1. The first-order valence-corrected chi connectivity index (χ1v) is 12.5. The number of nitrogens with zero attached hydrogens (tertiary/aromatic N) is 2. The number of benzene rings is 2. The van der Waals surface area contributed by atoms with E-state index in [1.807, 2.05) is 24.3 Å². The molecular weight excluding hydrogens is 500 g/mol. The van der Waals surface area contributed by atoms with Gasteiger partial charge < -0.3 is 18.8 Å². The maximum Gasteiger partial charge on any atom is 0.290 e. The number of amides is 1. The van der Waals surface area contributed by atoms with Crippen LogP contribution in [0.15, 0.2) is 56.1 Å². The molecule has 3 aromatic rings. The fourth-order valence-electron chi connectivity index (χ4n) is 4.61. The third-order valence-corrected chi connectivity index (χ3v) is 6.85. The number of ether oxygens (including phenoxy) is 2. The molecule has 5 rings (SSSR count). The highest BCUT2D eigenvalue weighted by atomic mass is 79.9. The summed E-state index contributed by atoms with van der Waals surface area (Å²) in [4.78, 5) is 31.2. The highest BCUT2D eigenvalue weighted by Crippen LogP contribution is 2.38. The third-order valence-electron chi connectivity index (χ3n) is 6.36. The summed E-state index contributed by atoms with van der Waals surface area (Å²) >= 11 is 3.44. The Morgan fingerprint density at radius 3 is 2.56 bits per heavy atom. The van der Waals surface area contributed by atoms with Crippen molar-refractivity contribution in [3.8, 4) is 5.75 Å². The second kappa shape index (κ2) is 9.90. The van der Waals surface area contributed by atoms with Crippen LogP contribution in [0.4, 0.5) is 0 Å². The smallest absolute Gasteiger partial charge is 0.290 e. The fraction of sp³-hybridized carbons (Fsp3) is 0.385. The molecular formula is C26H27BrN2O5.